The fourth-order valence-corrected chi connectivity index (χ4v) is 1.68. The van der Waals surface area contributed by atoms with Crippen LogP contribution in [0.1, 0.15) is 38.6 Å². The summed E-state index contributed by atoms with van der Waals surface area (Å²) in [5, 5.41) is 24.1. The molecular formula is C14H24N2O4. The van der Waals surface area contributed by atoms with Gasteiger partial charge in [-0.2, -0.15) is 0 Å². The third-order valence-electron chi connectivity index (χ3n) is 3.07. The van der Waals surface area contributed by atoms with Crippen LogP contribution in [-0.2, 0) is 0 Å². The Morgan fingerprint density at radius 1 is 1.45 bits per heavy atom. The average Bonchev–Trinajstić information content (AvgIpc) is 2.95. The fraction of sp³-hybridized carbons (Fsp3) is 0.643. The van der Waals surface area contributed by atoms with Crippen molar-refractivity contribution in [2.45, 2.75) is 32.8 Å². The summed E-state index contributed by atoms with van der Waals surface area (Å²) in [6.07, 6.45) is 2.26. The van der Waals surface area contributed by atoms with E-state index in [1.165, 1.54) is 6.26 Å². The number of hydrogen-bond acceptors (Lipinski definition) is 4. The molecule has 0 fully saturated rings. The van der Waals surface area contributed by atoms with Crippen molar-refractivity contribution in [2.24, 2.45) is 5.41 Å². The van der Waals surface area contributed by atoms with E-state index >= 15 is 0 Å². The summed E-state index contributed by atoms with van der Waals surface area (Å²) in [5.74, 6) is 0.426. The smallest absolute Gasteiger partial charge is 0.314 e. The van der Waals surface area contributed by atoms with Gasteiger partial charge in [-0.15, -0.1) is 0 Å². The fourth-order valence-electron chi connectivity index (χ4n) is 1.68. The van der Waals surface area contributed by atoms with Gasteiger partial charge in [0, 0.05) is 13.2 Å². The highest BCUT2D eigenvalue weighted by molar-refractivity contribution is 5.73. The number of carbonyl (C=O) groups excluding carboxylic acids is 1. The number of aliphatic hydroxyl groups is 2. The Morgan fingerprint density at radius 2 is 2.20 bits per heavy atom. The first-order valence-electron chi connectivity index (χ1n) is 6.78. The Balaban J connectivity index is 2.12. The zero-order valence-corrected chi connectivity index (χ0v) is 12.1. The molecule has 114 valence electrons. The highest BCUT2D eigenvalue weighted by atomic mass is 16.4. The van der Waals surface area contributed by atoms with Crippen LogP contribution in [0.4, 0.5) is 4.79 Å². The summed E-state index contributed by atoms with van der Waals surface area (Å²) in [7, 11) is 0. The monoisotopic (exact) mass is 284 g/mol. The molecule has 0 aromatic carbocycles. The van der Waals surface area contributed by atoms with Crippen LogP contribution in [0.5, 0.6) is 0 Å². The predicted molar refractivity (Wildman–Crippen MR) is 75.2 cm³/mol. The number of carbonyl (C=O) groups is 1. The van der Waals surface area contributed by atoms with Crippen LogP contribution >= 0.6 is 0 Å². The average molecular weight is 284 g/mol. The zero-order chi connectivity index (χ0) is 15.0. The van der Waals surface area contributed by atoms with Gasteiger partial charge in [-0.3, -0.25) is 0 Å². The molecule has 1 heterocycles. The number of urea groups is 1. The number of furan rings is 1. The van der Waals surface area contributed by atoms with E-state index in [1.54, 1.807) is 12.1 Å². The number of amides is 2. The molecule has 1 aromatic rings. The lowest BCUT2D eigenvalue weighted by Crippen LogP contribution is -2.38. The molecule has 20 heavy (non-hydrogen) atoms. The van der Waals surface area contributed by atoms with Gasteiger partial charge in [0.15, 0.2) is 0 Å². The van der Waals surface area contributed by atoms with Gasteiger partial charge in [0.2, 0.25) is 0 Å². The quantitative estimate of drug-likeness (QED) is 0.543. The second-order valence-corrected chi connectivity index (χ2v) is 5.59. The Labute approximate surface area is 119 Å². The first-order valence-corrected chi connectivity index (χ1v) is 6.78. The van der Waals surface area contributed by atoms with Crippen LogP contribution in [0.25, 0.3) is 0 Å². The third kappa shape index (κ3) is 6.08. The molecule has 0 aliphatic carbocycles. The summed E-state index contributed by atoms with van der Waals surface area (Å²) < 4.78 is 5.03. The van der Waals surface area contributed by atoms with Crippen molar-refractivity contribution in [3.8, 4) is 0 Å². The van der Waals surface area contributed by atoms with E-state index in [0.717, 1.165) is 12.8 Å². The van der Waals surface area contributed by atoms with Crippen LogP contribution in [0.15, 0.2) is 22.8 Å². The first-order chi connectivity index (χ1) is 9.44. The van der Waals surface area contributed by atoms with Gasteiger partial charge in [-0.25, -0.2) is 4.79 Å². The van der Waals surface area contributed by atoms with E-state index < -0.39 is 6.10 Å². The molecule has 0 aliphatic rings. The molecule has 1 aromatic heterocycles. The van der Waals surface area contributed by atoms with Crippen LogP contribution in [0, 0.1) is 5.41 Å². The van der Waals surface area contributed by atoms with Crippen LogP contribution in [0.3, 0.4) is 0 Å². The molecule has 1 rings (SSSR count). The van der Waals surface area contributed by atoms with Gasteiger partial charge < -0.3 is 25.3 Å². The van der Waals surface area contributed by atoms with E-state index in [4.69, 9.17) is 9.52 Å². The highest BCUT2D eigenvalue weighted by Gasteiger charge is 2.16. The summed E-state index contributed by atoms with van der Waals surface area (Å²) in [4.78, 5) is 11.5. The lowest BCUT2D eigenvalue weighted by molar-refractivity contribution is 0.145. The highest BCUT2D eigenvalue weighted by Crippen LogP contribution is 2.20. The Hall–Kier alpha value is -1.53. The third-order valence-corrected chi connectivity index (χ3v) is 3.07. The molecule has 0 bridgehead atoms. The maximum absolute atomic E-state index is 11.5. The topological polar surface area (TPSA) is 94.7 Å². The Morgan fingerprint density at radius 3 is 2.80 bits per heavy atom. The minimum absolute atomic E-state index is 0.0987. The van der Waals surface area contributed by atoms with Crippen molar-refractivity contribution in [3.05, 3.63) is 24.2 Å². The molecule has 1 atom stereocenters. The van der Waals surface area contributed by atoms with Crippen molar-refractivity contribution in [1.29, 1.82) is 0 Å². The lowest BCUT2D eigenvalue weighted by Gasteiger charge is -2.21. The van der Waals surface area contributed by atoms with Gasteiger partial charge in [0.05, 0.1) is 12.8 Å². The second-order valence-electron chi connectivity index (χ2n) is 5.59. The maximum Gasteiger partial charge on any atom is 0.314 e. The maximum atomic E-state index is 11.5. The van der Waals surface area contributed by atoms with Crippen molar-refractivity contribution >= 4 is 6.03 Å². The molecule has 6 nitrogen and oxygen atoms in total. The summed E-state index contributed by atoms with van der Waals surface area (Å²) in [5.41, 5.74) is -0.117. The van der Waals surface area contributed by atoms with Gasteiger partial charge >= 0.3 is 6.03 Å². The summed E-state index contributed by atoms with van der Waals surface area (Å²) >= 11 is 0. The van der Waals surface area contributed by atoms with Gasteiger partial charge in [-0.05, 0) is 30.4 Å². The minimum atomic E-state index is -0.843. The Bertz CT molecular complexity index is 390. The molecule has 0 radical (unpaired) electrons. The van der Waals surface area contributed by atoms with Crippen LogP contribution < -0.4 is 10.6 Å². The SMILES string of the molecule is CC(C)(CO)CCCNC(=O)NCC(O)c1ccco1. The van der Waals surface area contributed by atoms with E-state index in [0.29, 0.717) is 12.3 Å². The molecule has 1 unspecified atom stereocenters. The number of nitrogens with one attached hydrogen (secondary N) is 2. The largest absolute Gasteiger partial charge is 0.467 e. The number of hydrogen-bond donors (Lipinski definition) is 4. The van der Waals surface area contributed by atoms with E-state index in [9.17, 15) is 9.90 Å². The molecule has 0 saturated heterocycles. The van der Waals surface area contributed by atoms with Crippen molar-refractivity contribution in [1.82, 2.24) is 10.6 Å². The van der Waals surface area contributed by atoms with Gasteiger partial charge in [-0.1, -0.05) is 13.8 Å². The second kappa shape index (κ2) is 7.91. The minimum Gasteiger partial charge on any atom is -0.467 e. The van der Waals surface area contributed by atoms with Crippen molar-refractivity contribution in [3.63, 3.8) is 0 Å². The van der Waals surface area contributed by atoms with E-state index in [2.05, 4.69) is 10.6 Å². The molecule has 0 spiro atoms. The molecule has 0 aliphatic heterocycles. The molecule has 6 heteroatoms. The first kappa shape index (κ1) is 16.5. The zero-order valence-electron chi connectivity index (χ0n) is 12.1. The summed E-state index contributed by atoms with van der Waals surface area (Å²) in [6.45, 7) is 4.72. The van der Waals surface area contributed by atoms with E-state index in [1.807, 2.05) is 13.8 Å². The lowest BCUT2D eigenvalue weighted by atomic mass is 9.89. The van der Waals surface area contributed by atoms with Gasteiger partial charge in [0.25, 0.3) is 0 Å². The van der Waals surface area contributed by atoms with Crippen molar-refractivity contribution < 1.29 is 19.4 Å². The molecule has 4 N–H and O–H groups in total. The van der Waals surface area contributed by atoms with Gasteiger partial charge in [0.1, 0.15) is 11.9 Å². The number of rotatable bonds is 8. The standard InChI is InChI=1S/C14H24N2O4/c1-14(2,10-17)6-4-7-15-13(19)16-9-11(18)12-5-3-8-20-12/h3,5,8,11,17-18H,4,6-7,9-10H2,1-2H3,(H2,15,16,19). The summed E-state index contributed by atoms with van der Waals surface area (Å²) in [6, 6.07) is 3.01. The number of aliphatic hydroxyl groups excluding tert-OH is 2. The van der Waals surface area contributed by atoms with Crippen molar-refractivity contribution in [2.75, 3.05) is 19.7 Å². The molecular weight excluding hydrogens is 260 g/mol. The Kier molecular flexibility index (Phi) is 6.54. The molecule has 0 saturated carbocycles. The molecule has 2 amide bonds. The van der Waals surface area contributed by atoms with E-state index in [-0.39, 0.29) is 24.6 Å². The van der Waals surface area contributed by atoms with Crippen LogP contribution in [0.2, 0.25) is 0 Å². The van der Waals surface area contributed by atoms with Crippen LogP contribution in [-0.4, -0.2) is 35.9 Å². The normalized spacial score (nSPS) is 13.0. The predicted octanol–water partition coefficient (Wildman–Crippen LogP) is 1.41.